The van der Waals surface area contributed by atoms with Crippen LogP contribution < -0.4 is 0 Å². The van der Waals surface area contributed by atoms with E-state index in [9.17, 15) is 10.5 Å². The second-order valence-corrected chi connectivity index (χ2v) is 5.80. The first-order chi connectivity index (χ1) is 9.65. The average Bonchev–Trinajstić information content (AvgIpc) is 2.44. The van der Waals surface area contributed by atoms with E-state index in [0.29, 0.717) is 5.92 Å². The van der Waals surface area contributed by atoms with Crippen LogP contribution in [-0.4, -0.2) is 0 Å². The van der Waals surface area contributed by atoms with Crippen LogP contribution in [-0.2, 0) is 0 Å². The number of aryl methyl sites for hydroxylation is 1. The second kappa shape index (κ2) is 4.66. The number of rotatable bonds is 0. The summed E-state index contributed by atoms with van der Waals surface area (Å²) in [6.45, 7) is 4.18. The Kier molecular flexibility index (Phi) is 2.96. The fraction of sp³-hybridized carbons (Fsp3) is 0.333. The van der Waals surface area contributed by atoms with Crippen molar-refractivity contribution in [3.05, 3.63) is 52.6 Å². The molecule has 0 aromatic heterocycles. The maximum Gasteiger partial charge on any atom is 0.0997 e. The summed E-state index contributed by atoms with van der Waals surface area (Å²) in [5.41, 5.74) is 5.03. The lowest BCUT2D eigenvalue weighted by Crippen LogP contribution is -2.23. The maximum absolute atomic E-state index is 9.60. The third-order valence-electron chi connectivity index (χ3n) is 4.34. The lowest BCUT2D eigenvalue weighted by molar-refractivity contribution is 0.560. The molecule has 0 saturated carbocycles. The van der Waals surface area contributed by atoms with Gasteiger partial charge in [0.1, 0.15) is 0 Å². The van der Waals surface area contributed by atoms with Gasteiger partial charge in [-0.3, -0.25) is 0 Å². The average molecular weight is 260 g/mol. The van der Waals surface area contributed by atoms with Gasteiger partial charge in [0.25, 0.3) is 0 Å². The first kappa shape index (κ1) is 12.7. The van der Waals surface area contributed by atoms with E-state index in [1.165, 1.54) is 0 Å². The molecular formula is C18H16N2. The molecule has 0 amide bonds. The summed E-state index contributed by atoms with van der Waals surface area (Å²) in [6, 6.07) is 10.9. The summed E-state index contributed by atoms with van der Waals surface area (Å²) in [5.74, 6) is 0.345. The van der Waals surface area contributed by atoms with Gasteiger partial charge in [-0.15, -0.1) is 0 Å². The van der Waals surface area contributed by atoms with Crippen molar-refractivity contribution in [3.63, 3.8) is 0 Å². The lowest BCUT2D eigenvalue weighted by atomic mass is 9.67. The summed E-state index contributed by atoms with van der Waals surface area (Å²) in [7, 11) is 0. The topological polar surface area (TPSA) is 47.6 Å². The second-order valence-electron chi connectivity index (χ2n) is 5.80. The van der Waals surface area contributed by atoms with E-state index in [1.54, 1.807) is 0 Å². The highest BCUT2D eigenvalue weighted by atomic mass is 14.4. The maximum atomic E-state index is 9.60. The van der Waals surface area contributed by atoms with E-state index in [-0.39, 0.29) is 11.8 Å². The summed E-state index contributed by atoms with van der Waals surface area (Å²) < 4.78 is 0. The fourth-order valence-corrected chi connectivity index (χ4v) is 3.36. The van der Waals surface area contributed by atoms with Crippen molar-refractivity contribution in [2.75, 3.05) is 0 Å². The Morgan fingerprint density at radius 3 is 2.70 bits per heavy atom. The summed E-state index contributed by atoms with van der Waals surface area (Å²) in [5, 5.41) is 19.2. The molecular weight excluding hydrogens is 244 g/mol. The standard InChI is InChI=1S/C18H16N2/c1-11-3-5-13-15(7-11)18(10-20)16-8-12(2)4-6-14(16)17(13)9-19/h3-7,12,14,17H,8H2,1-2H3. The molecule has 0 radical (unpaired) electrons. The molecule has 0 saturated heterocycles. The first-order valence-corrected chi connectivity index (χ1v) is 6.97. The van der Waals surface area contributed by atoms with Crippen LogP contribution in [0, 0.1) is 41.4 Å². The molecule has 20 heavy (non-hydrogen) atoms. The van der Waals surface area contributed by atoms with Crippen LogP contribution in [0.4, 0.5) is 0 Å². The predicted octanol–water partition coefficient (Wildman–Crippen LogP) is 4.11. The highest BCUT2D eigenvalue weighted by Gasteiger charge is 2.36. The third-order valence-corrected chi connectivity index (χ3v) is 4.34. The molecule has 2 aliphatic carbocycles. The van der Waals surface area contributed by atoms with E-state index < -0.39 is 0 Å². The van der Waals surface area contributed by atoms with Crippen molar-refractivity contribution in [3.8, 4) is 12.1 Å². The van der Waals surface area contributed by atoms with Crippen LogP contribution in [0.1, 0.15) is 36.0 Å². The normalized spacial score (nSPS) is 27.3. The van der Waals surface area contributed by atoms with Crippen molar-refractivity contribution in [2.45, 2.75) is 26.2 Å². The minimum Gasteiger partial charge on any atom is -0.198 e. The predicted molar refractivity (Wildman–Crippen MR) is 78.5 cm³/mol. The number of hydrogen-bond donors (Lipinski definition) is 0. The van der Waals surface area contributed by atoms with Gasteiger partial charge in [-0.25, -0.2) is 0 Å². The highest BCUT2D eigenvalue weighted by molar-refractivity contribution is 5.85. The SMILES string of the molecule is Cc1ccc2c(c1)C(C#N)=C1CC(C)C=CC1C2C#N. The quantitative estimate of drug-likeness (QED) is 0.659. The molecule has 0 N–H and O–H groups in total. The smallest absolute Gasteiger partial charge is 0.0997 e. The van der Waals surface area contributed by atoms with E-state index >= 15 is 0 Å². The minimum absolute atomic E-state index is 0.0704. The van der Waals surface area contributed by atoms with Gasteiger partial charge in [-0.2, -0.15) is 10.5 Å². The lowest BCUT2D eigenvalue weighted by Gasteiger charge is -2.34. The van der Waals surface area contributed by atoms with Crippen LogP contribution in [0.15, 0.2) is 35.9 Å². The molecule has 1 aromatic rings. The van der Waals surface area contributed by atoms with E-state index in [0.717, 1.165) is 34.3 Å². The van der Waals surface area contributed by atoms with Crippen LogP contribution in [0.2, 0.25) is 0 Å². The molecule has 0 heterocycles. The number of hydrogen-bond acceptors (Lipinski definition) is 2. The van der Waals surface area contributed by atoms with Crippen LogP contribution in [0.5, 0.6) is 0 Å². The van der Waals surface area contributed by atoms with Gasteiger partial charge in [-0.1, -0.05) is 42.8 Å². The minimum atomic E-state index is -0.165. The highest BCUT2D eigenvalue weighted by Crippen LogP contribution is 2.47. The molecule has 0 aliphatic heterocycles. The summed E-state index contributed by atoms with van der Waals surface area (Å²) in [6.07, 6.45) is 5.18. The van der Waals surface area contributed by atoms with Crippen molar-refractivity contribution >= 4 is 5.57 Å². The fourth-order valence-electron chi connectivity index (χ4n) is 3.36. The van der Waals surface area contributed by atoms with Gasteiger partial charge in [0.05, 0.1) is 23.6 Å². The van der Waals surface area contributed by atoms with E-state index in [4.69, 9.17) is 0 Å². The van der Waals surface area contributed by atoms with Gasteiger partial charge in [0, 0.05) is 5.92 Å². The number of benzene rings is 1. The Bertz CT molecular complexity index is 710. The third kappa shape index (κ3) is 1.77. The van der Waals surface area contributed by atoms with Crippen molar-refractivity contribution < 1.29 is 0 Å². The summed E-state index contributed by atoms with van der Waals surface area (Å²) in [4.78, 5) is 0. The van der Waals surface area contributed by atoms with Gasteiger partial charge >= 0.3 is 0 Å². The van der Waals surface area contributed by atoms with Crippen molar-refractivity contribution in [2.24, 2.45) is 11.8 Å². The van der Waals surface area contributed by atoms with Gasteiger partial charge in [0.2, 0.25) is 0 Å². The number of fused-ring (bicyclic) bond motifs is 2. The molecule has 3 unspecified atom stereocenters. The largest absolute Gasteiger partial charge is 0.198 e. The number of nitrogens with zero attached hydrogens (tertiary/aromatic N) is 2. The first-order valence-electron chi connectivity index (χ1n) is 6.97. The molecule has 3 rings (SSSR count). The zero-order valence-corrected chi connectivity index (χ0v) is 11.7. The van der Waals surface area contributed by atoms with Crippen LogP contribution >= 0.6 is 0 Å². The zero-order valence-electron chi connectivity index (χ0n) is 11.7. The monoisotopic (exact) mass is 260 g/mol. The Morgan fingerprint density at radius 2 is 2.00 bits per heavy atom. The zero-order chi connectivity index (χ0) is 14.3. The number of allylic oxidation sites excluding steroid dienone is 4. The number of nitriles is 2. The van der Waals surface area contributed by atoms with Gasteiger partial charge in [-0.05, 0) is 36.0 Å². The van der Waals surface area contributed by atoms with Crippen LogP contribution in [0.25, 0.3) is 5.57 Å². The Labute approximate surface area is 119 Å². The summed E-state index contributed by atoms with van der Waals surface area (Å²) >= 11 is 0. The Hall–Kier alpha value is -2.32. The van der Waals surface area contributed by atoms with E-state index in [1.807, 2.05) is 25.1 Å². The molecule has 0 bridgehead atoms. The molecule has 3 atom stereocenters. The molecule has 0 spiro atoms. The van der Waals surface area contributed by atoms with Crippen LogP contribution in [0.3, 0.4) is 0 Å². The van der Waals surface area contributed by atoms with Crippen molar-refractivity contribution in [1.82, 2.24) is 0 Å². The van der Waals surface area contributed by atoms with Crippen molar-refractivity contribution in [1.29, 1.82) is 10.5 Å². The molecule has 0 fully saturated rings. The molecule has 2 heteroatoms. The van der Waals surface area contributed by atoms with E-state index in [2.05, 4.69) is 31.2 Å². The van der Waals surface area contributed by atoms with Gasteiger partial charge < -0.3 is 0 Å². The molecule has 98 valence electrons. The van der Waals surface area contributed by atoms with Gasteiger partial charge in [0.15, 0.2) is 0 Å². The molecule has 2 aliphatic rings. The molecule has 2 nitrogen and oxygen atoms in total. The Morgan fingerprint density at radius 1 is 1.20 bits per heavy atom. The molecule has 1 aromatic carbocycles. The Balaban J connectivity index is 2.30.